The molecule has 0 aliphatic heterocycles. The van der Waals surface area contributed by atoms with Gasteiger partial charge in [0.05, 0.1) is 11.7 Å². The Labute approximate surface area is 104 Å². The highest BCUT2D eigenvalue weighted by Crippen LogP contribution is 2.40. The lowest BCUT2D eigenvalue weighted by atomic mass is 9.73. The highest BCUT2D eigenvalue weighted by Gasteiger charge is 2.43. The van der Waals surface area contributed by atoms with Crippen LogP contribution in [0.1, 0.15) is 39.0 Å². The van der Waals surface area contributed by atoms with Crippen LogP contribution in [0, 0.1) is 5.92 Å². The van der Waals surface area contributed by atoms with E-state index in [0.29, 0.717) is 0 Å². The van der Waals surface area contributed by atoms with Gasteiger partial charge in [0.1, 0.15) is 0 Å². The second kappa shape index (κ2) is 6.34. The summed E-state index contributed by atoms with van der Waals surface area (Å²) >= 11 is 0. The van der Waals surface area contributed by atoms with E-state index in [-0.39, 0.29) is 5.92 Å². The predicted octanol–water partition coefficient (Wildman–Crippen LogP) is 2.39. The zero-order valence-corrected chi connectivity index (χ0v) is 10.6. The van der Waals surface area contributed by atoms with Gasteiger partial charge in [0.15, 0.2) is 6.29 Å². The molecule has 0 spiro atoms. The third-order valence-corrected chi connectivity index (χ3v) is 3.58. The molecule has 2 N–H and O–H groups in total. The fourth-order valence-corrected chi connectivity index (χ4v) is 2.83. The van der Waals surface area contributed by atoms with Crippen LogP contribution in [0.5, 0.6) is 0 Å². The van der Waals surface area contributed by atoms with Crippen LogP contribution in [0.4, 0.5) is 0 Å². The summed E-state index contributed by atoms with van der Waals surface area (Å²) in [5.74, 6) is -0.213. The van der Waals surface area contributed by atoms with Crippen molar-refractivity contribution < 1.29 is 14.9 Å². The second-order valence-electron chi connectivity index (χ2n) is 4.83. The molecule has 1 fully saturated rings. The first-order valence-corrected chi connectivity index (χ1v) is 6.35. The molecule has 1 saturated carbocycles. The van der Waals surface area contributed by atoms with E-state index in [0.717, 1.165) is 25.7 Å². The topological polar surface area (TPSA) is 49.7 Å². The number of rotatable bonds is 6. The van der Waals surface area contributed by atoms with Gasteiger partial charge in [-0.1, -0.05) is 31.4 Å². The summed E-state index contributed by atoms with van der Waals surface area (Å²) in [5.41, 5.74) is -0.498. The van der Waals surface area contributed by atoms with Crippen LogP contribution in [0.3, 0.4) is 0 Å². The molecule has 1 rings (SSSR count). The summed E-state index contributed by atoms with van der Waals surface area (Å²) < 4.78 is 5.73. The monoisotopic (exact) mass is 240 g/mol. The van der Waals surface area contributed by atoms with Crippen LogP contribution in [0.25, 0.3) is 0 Å². The molecule has 0 heterocycles. The van der Waals surface area contributed by atoms with Gasteiger partial charge in [0.2, 0.25) is 0 Å². The predicted molar refractivity (Wildman–Crippen MR) is 68.5 cm³/mol. The van der Waals surface area contributed by atoms with Crippen LogP contribution in [-0.4, -0.2) is 28.2 Å². The molecule has 3 nitrogen and oxygen atoms in total. The molecule has 3 atom stereocenters. The van der Waals surface area contributed by atoms with Gasteiger partial charge in [-0.15, -0.1) is 13.2 Å². The molecule has 0 aromatic rings. The molecule has 0 bridgehead atoms. The molecule has 0 saturated heterocycles. The Bertz CT molecular complexity index is 254. The summed E-state index contributed by atoms with van der Waals surface area (Å²) in [4.78, 5) is 0. The maximum Gasteiger partial charge on any atom is 0.152 e. The van der Waals surface area contributed by atoms with Gasteiger partial charge < -0.3 is 14.9 Å². The highest BCUT2D eigenvalue weighted by molar-refractivity contribution is 5.06. The molecule has 98 valence electrons. The Kier molecular flexibility index (Phi) is 5.37. The zero-order valence-electron chi connectivity index (χ0n) is 10.6. The fraction of sp³-hybridized carbons (Fsp3) is 0.714. The first kappa shape index (κ1) is 14.4. The number of hydrogen-bond donors (Lipinski definition) is 2. The zero-order chi connectivity index (χ0) is 12.9. The minimum absolute atomic E-state index is 0.213. The summed E-state index contributed by atoms with van der Waals surface area (Å²) in [6.07, 6.45) is 6.71. The highest BCUT2D eigenvalue weighted by atomic mass is 16.6. The van der Waals surface area contributed by atoms with Gasteiger partial charge in [-0.2, -0.15) is 0 Å². The fourth-order valence-electron chi connectivity index (χ4n) is 2.83. The molecule has 17 heavy (non-hydrogen) atoms. The van der Waals surface area contributed by atoms with Gasteiger partial charge in [-0.25, -0.2) is 0 Å². The Morgan fingerprint density at radius 3 is 2.12 bits per heavy atom. The minimum Gasteiger partial charge on any atom is -0.388 e. The molecule has 0 aromatic carbocycles. The van der Waals surface area contributed by atoms with Crippen molar-refractivity contribution in [3.63, 3.8) is 0 Å². The first-order valence-electron chi connectivity index (χ1n) is 6.35. The molecular formula is C14H24O3. The van der Waals surface area contributed by atoms with Crippen molar-refractivity contribution in [1.29, 1.82) is 0 Å². The van der Waals surface area contributed by atoms with Gasteiger partial charge in [0.25, 0.3) is 0 Å². The lowest BCUT2D eigenvalue weighted by Crippen LogP contribution is -2.48. The molecule has 1 aliphatic carbocycles. The summed E-state index contributed by atoms with van der Waals surface area (Å²) in [5, 5.41) is 19.5. The van der Waals surface area contributed by atoms with Gasteiger partial charge in [-0.05, 0) is 19.8 Å². The summed E-state index contributed by atoms with van der Waals surface area (Å²) in [6.45, 7) is 9.01. The third kappa shape index (κ3) is 3.41. The lowest BCUT2D eigenvalue weighted by molar-refractivity contribution is -0.211. The van der Waals surface area contributed by atoms with Crippen LogP contribution in [0.15, 0.2) is 25.3 Å². The van der Waals surface area contributed by atoms with Crippen LogP contribution < -0.4 is 0 Å². The number of aliphatic hydroxyl groups excluding tert-OH is 2. The largest absolute Gasteiger partial charge is 0.388 e. The Balaban J connectivity index is 2.93. The summed E-state index contributed by atoms with van der Waals surface area (Å²) in [7, 11) is 0. The Hall–Kier alpha value is -0.640. The maximum absolute atomic E-state index is 10.00. The van der Waals surface area contributed by atoms with E-state index in [4.69, 9.17) is 4.74 Å². The number of hydrogen-bond acceptors (Lipinski definition) is 3. The standard InChI is InChI=1S/C14H24O3/c1-4-12(13(16)5-2)14(17-11(3)15)9-7-6-8-10-14/h4-5,11-13,15-16H,1-2,6-10H2,3H3. The average Bonchev–Trinajstić information content (AvgIpc) is 2.29. The van der Waals surface area contributed by atoms with Crippen molar-refractivity contribution in [1.82, 2.24) is 0 Å². The minimum atomic E-state index is -0.826. The maximum atomic E-state index is 10.00. The normalized spacial score (nSPS) is 24.6. The number of aliphatic hydroxyl groups is 2. The van der Waals surface area contributed by atoms with E-state index in [1.54, 1.807) is 13.0 Å². The van der Waals surface area contributed by atoms with E-state index in [1.165, 1.54) is 12.5 Å². The van der Waals surface area contributed by atoms with E-state index >= 15 is 0 Å². The molecule has 0 aromatic heterocycles. The molecule has 1 aliphatic rings. The van der Waals surface area contributed by atoms with Crippen molar-refractivity contribution in [2.45, 2.75) is 57.0 Å². The third-order valence-electron chi connectivity index (χ3n) is 3.58. The lowest BCUT2D eigenvalue weighted by Gasteiger charge is -2.44. The van der Waals surface area contributed by atoms with Crippen molar-refractivity contribution in [3.8, 4) is 0 Å². The Morgan fingerprint density at radius 1 is 1.12 bits per heavy atom. The van der Waals surface area contributed by atoms with Crippen LogP contribution in [-0.2, 0) is 4.74 Å². The van der Waals surface area contributed by atoms with Crippen LogP contribution in [0.2, 0.25) is 0 Å². The van der Waals surface area contributed by atoms with Crippen molar-refractivity contribution >= 4 is 0 Å². The number of ether oxygens (including phenoxy) is 1. The van der Waals surface area contributed by atoms with Crippen molar-refractivity contribution in [2.24, 2.45) is 5.92 Å². The second-order valence-corrected chi connectivity index (χ2v) is 4.83. The van der Waals surface area contributed by atoms with E-state index < -0.39 is 18.0 Å². The van der Waals surface area contributed by atoms with E-state index in [2.05, 4.69) is 13.2 Å². The molecule has 0 amide bonds. The smallest absolute Gasteiger partial charge is 0.152 e. The van der Waals surface area contributed by atoms with Crippen molar-refractivity contribution in [3.05, 3.63) is 25.3 Å². The van der Waals surface area contributed by atoms with Crippen LogP contribution >= 0.6 is 0 Å². The van der Waals surface area contributed by atoms with E-state index in [9.17, 15) is 10.2 Å². The van der Waals surface area contributed by atoms with Gasteiger partial charge in [-0.3, -0.25) is 0 Å². The first-order chi connectivity index (χ1) is 8.05. The van der Waals surface area contributed by atoms with E-state index in [1.807, 2.05) is 0 Å². The van der Waals surface area contributed by atoms with Gasteiger partial charge in [0, 0.05) is 5.92 Å². The molecule has 3 unspecified atom stereocenters. The average molecular weight is 240 g/mol. The SMILES string of the molecule is C=CC(O)C(C=C)C1(OC(C)O)CCCCC1. The molecular weight excluding hydrogens is 216 g/mol. The quantitative estimate of drug-likeness (QED) is 0.553. The Morgan fingerprint density at radius 2 is 1.71 bits per heavy atom. The van der Waals surface area contributed by atoms with Crippen molar-refractivity contribution in [2.75, 3.05) is 0 Å². The molecule has 0 radical (unpaired) electrons. The van der Waals surface area contributed by atoms with Gasteiger partial charge >= 0.3 is 0 Å². The summed E-state index contributed by atoms with van der Waals surface area (Å²) in [6, 6.07) is 0. The molecule has 3 heteroatoms.